The van der Waals surface area contributed by atoms with Crippen molar-refractivity contribution >= 4 is 21.6 Å². The molecule has 0 unspecified atom stereocenters. The van der Waals surface area contributed by atoms with Crippen LogP contribution in [0, 0.1) is 5.92 Å². The van der Waals surface area contributed by atoms with E-state index in [1.54, 1.807) is 23.1 Å². The summed E-state index contributed by atoms with van der Waals surface area (Å²) in [5.41, 5.74) is 2.03. The summed E-state index contributed by atoms with van der Waals surface area (Å²) in [6.45, 7) is 5.57. The van der Waals surface area contributed by atoms with E-state index < -0.39 is 10.0 Å². The lowest BCUT2D eigenvalue weighted by atomic mass is 10.0. The molecule has 2 aromatic carbocycles. The van der Waals surface area contributed by atoms with Gasteiger partial charge < -0.3 is 24.2 Å². The number of carbonyl (C=O) groups is 1. The zero-order chi connectivity index (χ0) is 26.7. The maximum absolute atomic E-state index is 13.3. The molecule has 37 heavy (non-hydrogen) atoms. The molecule has 202 valence electrons. The lowest BCUT2D eigenvalue weighted by Gasteiger charge is -2.34. The smallest absolute Gasteiger partial charge is 0.231 e. The summed E-state index contributed by atoms with van der Waals surface area (Å²) in [6.07, 6.45) is 0.839. The number of anilines is 1. The number of aliphatic hydroxyl groups excluding tert-OH is 1. The van der Waals surface area contributed by atoms with Gasteiger partial charge in [-0.25, -0.2) is 8.42 Å². The number of fused-ring (bicyclic) bond motifs is 2. The van der Waals surface area contributed by atoms with Gasteiger partial charge in [-0.05, 0) is 49.9 Å². The summed E-state index contributed by atoms with van der Waals surface area (Å²) < 4.78 is 43.4. The average Bonchev–Trinajstić information content (AvgIpc) is 3.30. The molecule has 0 spiro atoms. The van der Waals surface area contributed by atoms with Gasteiger partial charge in [-0.3, -0.25) is 14.4 Å². The first-order valence-electron chi connectivity index (χ1n) is 12.3. The number of nitrogens with zero attached hydrogens (tertiary/aromatic N) is 2. The number of rotatable bonds is 8. The molecule has 0 fully saturated rings. The zero-order valence-corrected chi connectivity index (χ0v) is 22.5. The van der Waals surface area contributed by atoms with E-state index in [9.17, 15) is 18.3 Å². The molecule has 10 nitrogen and oxygen atoms in total. The Balaban J connectivity index is 1.59. The molecule has 2 aromatic rings. The standard InChI is InChI=1S/C26H35N3O7S/c1-17-12-29(18(2)15-30)26(31)11-20-10-21(27-37(4,32)33)6-8-22(20)36-25(17)14-28(3)13-19-5-7-23-24(9-19)35-16-34-23/h5-10,17-18,25,27,30H,11-16H2,1-4H3/t17-,18+,25-/m1/s1. The predicted molar refractivity (Wildman–Crippen MR) is 139 cm³/mol. The Morgan fingerprint density at radius 2 is 1.89 bits per heavy atom. The molecule has 2 aliphatic rings. The zero-order valence-electron chi connectivity index (χ0n) is 21.6. The second-order valence-corrected chi connectivity index (χ2v) is 11.7. The van der Waals surface area contributed by atoms with E-state index in [2.05, 4.69) is 9.62 Å². The number of aliphatic hydroxyl groups is 1. The van der Waals surface area contributed by atoms with Gasteiger partial charge in [0.25, 0.3) is 0 Å². The monoisotopic (exact) mass is 533 g/mol. The number of hydrogen-bond acceptors (Lipinski definition) is 8. The van der Waals surface area contributed by atoms with Crippen LogP contribution >= 0.6 is 0 Å². The Hall–Kier alpha value is -3.02. The minimum absolute atomic E-state index is 0.0332. The van der Waals surface area contributed by atoms with Crippen molar-refractivity contribution in [1.82, 2.24) is 9.80 Å². The number of nitrogens with one attached hydrogen (secondary N) is 1. The van der Waals surface area contributed by atoms with Crippen LogP contribution in [0.3, 0.4) is 0 Å². The van der Waals surface area contributed by atoms with E-state index in [0.29, 0.717) is 36.6 Å². The third kappa shape index (κ3) is 6.85. The molecular formula is C26H35N3O7S. The molecule has 0 saturated heterocycles. The molecular weight excluding hydrogens is 498 g/mol. The molecule has 11 heteroatoms. The number of carbonyl (C=O) groups excluding carboxylic acids is 1. The highest BCUT2D eigenvalue weighted by atomic mass is 32.2. The summed E-state index contributed by atoms with van der Waals surface area (Å²) in [7, 11) is -1.47. The van der Waals surface area contributed by atoms with Crippen LogP contribution in [0.25, 0.3) is 0 Å². The molecule has 0 aliphatic carbocycles. The van der Waals surface area contributed by atoms with Gasteiger partial charge in [-0.2, -0.15) is 0 Å². The molecule has 0 bridgehead atoms. The minimum Gasteiger partial charge on any atom is -0.488 e. The van der Waals surface area contributed by atoms with Crippen LogP contribution in [0.2, 0.25) is 0 Å². The highest BCUT2D eigenvalue weighted by molar-refractivity contribution is 7.92. The van der Waals surface area contributed by atoms with Crippen LogP contribution in [0.1, 0.15) is 25.0 Å². The Bertz CT molecular complexity index is 1240. The third-order valence-electron chi connectivity index (χ3n) is 6.60. The van der Waals surface area contributed by atoms with Gasteiger partial charge in [-0.1, -0.05) is 13.0 Å². The van der Waals surface area contributed by atoms with E-state index in [4.69, 9.17) is 14.2 Å². The van der Waals surface area contributed by atoms with Gasteiger partial charge in [0.2, 0.25) is 22.7 Å². The average molecular weight is 534 g/mol. The lowest BCUT2D eigenvalue weighted by Crippen LogP contribution is -2.47. The van der Waals surface area contributed by atoms with Crippen molar-refractivity contribution in [2.45, 2.75) is 39.0 Å². The fourth-order valence-corrected chi connectivity index (χ4v) is 5.20. The molecule has 0 saturated carbocycles. The van der Waals surface area contributed by atoms with E-state index in [-0.39, 0.29) is 43.8 Å². The Morgan fingerprint density at radius 3 is 2.62 bits per heavy atom. The van der Waals surface area contributed by atoms with Gasteiger partial charge in [-0.15, -0.1) is 0 Å². The Kier molecular flexibility index (Phi) is 8.15. The van der Waals surface area contributed by atoms with Crippen molar-refractivity contribution in [2.75, 3.05) is 44.5 Å². The quantitative estimate of drug-likeness (QED) is 0.530. The van der Waals surface area contributed by atoms with Crippen LogP contribution in [0.4, 0.5) is 5.69 Å². The molecule has 4 rings (SSSR count). The fraction of sp³-hybridized carbons (Fsp3) is 0.500. The van der Waals surface area contributed by atoms with Gasteiger partial charge in [0.05, 0.1) is 25.3 Å². The van der Waals surface area contributed by atoms with Crippen molar-refractivity contribution in [3.8, 4) is 17.2 Å². The van der Waals surface area contributed by atoms with Gasteiger partial charge in [0.1, 0.15) is 11.9 Å². The number of amides is 1. The van der Waals surface area contributed by atoms with Gasteiger partial charge >= 0.3 is 0 Å². The number of benzene rings is 2. The van der Waals surface area contributed by atoms with Crippen LogP contribution in [-0.4, -0.2) is 81.2 Å². The van der Waals surface area contributed by atoms with Crippen LogP contribution in [-0.2, 0) is 27.8 Å². The summed E-state index contributed by atoms with van der Waals surface area (Å²) in [4.78, 5) is 17.1. The third-order valence-corrected chi connectivity index (χ3v) is 7.21. The second kappa shape index (κ2) is 11.2. The molecule has 0 radical (unpaired) electrons. The van der Waals surface area contributed by atoms with Gasteiger partial charge in [0.15, 0.2) is 11.5 Å². The van der Waals surface area contributed by atoms with E-state index in [1.165, 1.54) is 0 Å². The summed E-state index contributed by atoms with van der Waals surface area (Å²) in [5, 5.41) is 9.80. The normalized spacial score (nSPS) is 20.5. The van der Waals surface area contributed by atoms with Crippen molar-refractivity contribution in [1.29, 1.82) is 0 Å². The minimum atomic E-state index is -3.48. The van der Waals surface area contributed by atoms with Crippen molar-refractivity contribution < 1.29 is 32.5 Å². The Labute approximate surface area is 218 Å². The molecule has 0 aromatic heterocycles. The topological polar surface area (TPSA) is 118 Å². The van der Waals surface area contributed by atoms with E-state index in [0.717, 1.165) is 23.3 Å². The van der Waals surface area contributed by atoms with Crippen LogP contribution in [0.5, 0.6) is 17.2 Å². The summed E-state index contributed by atoms with van der Waals surface area (Å²) in [5.74, 6) is 1.82. The second-order valence-electron chi connectivity index (χ2n) is 9.97. The number of hydrogen-bond donors (Lipinski definition) is 2. The predicted octanol–water partition coefficient (Wildman–Crippen LogP) is 2.07. The molecule has 2 N–H and O–H groups in total. The molecule has 3 atom stereocenters. The van der Waals surface area contributed by atoms with Gasteiger partial charge in [0, 0.05) is 36.8 Å². The van der Waals surface area contributed by atoms with Crippen molar-refractivity contribution in [3.63, 3.8) is 0 Å². The number of ether oxygens (including phenoxy) is 3. The first kappa shape index (κ1) is 27.0. The number of likely N-dealkylation sites (N-methyl/N-ethyl adjacent to an activating group) is 1. The Morgan fingerprint density at radius 1 is 1.16 bits per heavy atom. The molecule has 2 aliphatic heterocycles. The highest BCUT2D eigenvalue weighted by Crippen LogP contribution is 2.33. The van der Waals surface area contributed by atoms with Crippen molar-refractivity contribution in [2.24, 2.45) is 5.92 Å². The van der Waals surface area contributed by atoms with Crippen molar-refractivity contribution in [3.05, 3.63) is 47.5 Å². The molecule has 2 heterocycles. The summed E-state index contributed by atoms with van der Waals surface area (Å²) in [6, 6.07) is 10.5. The number of sulfonamides is 1. The van der Waals surface area contributed by atoms with Crippen LogP contribution in [0.15, 0.2) is 36.4 Å². The van der Waals surface area contributed by atoms with E-state index in [1.807, 2.05) is 39.1 Å². The van der Waals surface area contributed by atoms with E-state index >= 15 is 0 Å². The first-order valence-corrected chi connectivity index (χ1v) is 14.2. The maximum Gasteiger partial charge on any atom is 0.231 e. The molecule has 1 amide bonds. The lowest BCUT2D eigenvalue weighted by molar-refractivity contribution is -0.134. The first-order chi connectivity index (χ1) is 17.5. The fourth-order valence-electron chi connectivity index (χ4n) is 4.65. The SMILES string of the molecule is C[C@@H]1CN([C@@H](C)CO)C(=O)Cc2cc(NS(C)(=O)=O)ccc2O[C@@H]1CN(C)Cc1ccc2c(c1)OCO2. The maximum atomic E-state index is 13.3. The van der Waals surface area contributed by atoms with Crippen LogP contribution < -0.4 is 18.9 Å². The summed E-state index contributed by atoms with van der Waals surface area (Å²) >= 11 is 0. The highest BCUT2D eigenvalue weighted by Gasteiger charge is 2.31. The largest absolute Gasteiger partial charge is 0.488 e.